The van der Waals surface area contributed by atoms with E-state index in [0.717, 1.165) is 12.2 Å². The van der Waals surface area contributed by atoms with Crippen molar-refractivity contribution < 1.29 is 4.79 Å². The highest BCUT2D eigenvalue weighted by molar-refractivity contribution is 5.91. The van der Waals surface area contributed by atoms with Crippen molar-refractivity contribution in [2.24, 2.45) is 0 Å². The minimum Gasteiger partial charge on any atom is -0.349 e. The van der Waals surface area contributed by atoms with Gasteiger partial charge in [-0.3, -0.25) is 9.78 Å². The summed E-state index contributed by atoms with van der Waals surface area (Å²) < 4.78 is 1.60. The zero-order chi connectivity index (χ0) is 15.1. The number of halogens is 2. The molecule has 0 fully saturated rings. The summed E-state index contributed by atoms with van der Waals surface area (Å²) in [7, 11) is 0. The maximum atomic E-state index is 11.9. The summed E-state index contributed by atoms with van der Waals surface area (Å²) in [6.45, 7) is 5.97. The number of hydrogen-bond acceptors (Lipinski definition) is 5. The van der Waals surface area contributed by atoms with Gasteiger partial charge < -0.3 is 10.6 Å². The average Bonchev–Trinajstić information content (AvgIpc) is 2.95. The van der Waals surface area contributed by atoms with E-state index < -0.39 is 0 Å². The smallest absolute Gasteiger partial charge is 0.273 e. The number of likely N-dealkylation sites (N-methyl/N-ethyl adjacent to an activating group) is 1. The van der Waals surface area contributed by atoms with E-state index in [4.69, 9.17) is 0 Å². The van der Waals surface area contributed by atoms with Gasteiger partial charge in [0.15, 0.2) is 5.69 Å². The third kappa shape index (κ3) is 6.94. The number of rotatable bonds is 7. The minimum absolute atomic E-state index is 0. The van der Waals surface area contributed by atoms with E-state index in [2.05, 4.69) is 25.9 Å². The van der Waals surface area contributed by atoms with Crippen molar-refractivity contribution in [3.05, 3.63) is 42.0 Å². The summed E-state index contributed by atoms with van der Waals surface area (Å²) in [5.41, 5.74) is 1.18. The number of carbonyl (C=O) groups excluding carboxylic acids is 1. The highest BCUT2D eigenvalue weighted by Crippen LogP contribution is 1.99. The lowest BCUT2D eigenvalue weighted by atomic mass is 10.3. The summed E-state index contributed by atoms with van der Waals surface area (Å²) in [6.07, 6.45) is 3.35. The Morgan fingerprint density at radius 2 is 2.13 bits per heavy atom. The molecule has 0 bridgehead atoms. The molecule has 2 aromatic rings. The fraction of sp³-hybridized carbons (Fsp3) is 0.429. The number of pyridine rings is 1. The zero-order valence-corrected chi connectivity index (χ0v) is 14.7. The number of hydrogen-bond donors (Lipinski definition) is 2. The molecule has 0 aliphatic heterocycles. The molecule has 0 aliphatic rings. The lowest BCUT2D eigenvalue weighted by molar-refractivity contribution is 0.0945. The molecule has 0 saturated carbocycles. The second kappa shape index (κ2) is 10.9. The molecule has 128 valence electrons. The van der Waals surface area contributed by atoms with Gasteiger partial charge in [-0.05, 0) is 25.6 Å². The highest BCUT2D eigenvalue weighted by Gasteiger charge is 2.11. The van der Waals surface area contributed by atoms with Crippen LogP contribution in [0.15, 0.2) is 30.6 Å². The summed E-state index contributed by atoms with van der Waals surface area (Å²) in [6, 6.07) is 5.89. The predicted octanol–water partition coefficient (Wildman–Crippen LogP) is 1.29. The molecule has 2 rings (SSSR count). The van der Waals surface area contributed by atoms with Crippen LogP contribution >= 0.6 is 24.8 Å². The second-order valence-electron chi connectivity index (χ2n) is 4.79. The molecule has 0 saturated heterocycles. The Hall–Kier alpha value is -1.70. The number of nitrogens with one attached hydrogen (secondary N) is 2. The number of amides is 1. The average molecular weight is 361 g/mol. The van der Waals surface area contributed by atoms with Crippen LogP contribution in [-0.4, -0.2) is 45.0 Å². The van der Waals surface area contributed by atoms with Crippen LogP contribution in [0.4, 0.5) is 0 Å². The molecule has 0 unspecified atom stereocenters. The monoisotopic (exact) mass is 360 g/mol. The Bertz CT molecular complexity index is 578. The first kappa shape index (κ1) is 21.3. The van der Waals surface area contributed by atoms with Crippen molar-refractivity contribution in [1.82, 2.24) is 30.6 Å². The lowest BCUT2D eigenvalue weighted by Crippen LogP contribution is -2.38. The Morgan fingerprint density at radius 3 is 2.78 bits per heavy atom. The van der Waals surface area contributed by atoms with Gasteiger partial charge in [-0.1, -0.05) is 18.2 Å². The lowest BCUT2D eigenvalue weighted by Gasteiger charge is -2.12. The molecule has 23 heavy (non-hydrogen) atoms. The molecule has 0 aliphatic carbocycles. The first-order chi connectivity index (χ1) is 10.2. The normalized spacial score (nSPS) is 11.0. The Kier molecular flexibility index (Phi) is 10.1. The van der Waals surface area contributed by atoms with Crippen LogP contribution in [0.1, 0.15) is 30.0 Å². The van der Waals surface area contributed by atoms with Crippen LogP contribution in [0.5, 0.6) is 0 Å². The highest BCUT2D eigenvalue weighted by atomic mass is 35.5. The molecule has 2 aromatic heterocycles. The first-order valence-electron chi connectivity index (χ1n) is 7.00. The van der Waals surface area contributed by atoms with Crippen LogP contribution in [-0.2, 0) is 6.54 Å². The van der Waals surface area contributed by atoms with Crippen molar-refractivity contribution >= 4 is 30.7 Å². The van der Waals surface area contributed by atoms with Crippen molar-refractivity contribution in [1.29, 1.82) is 0 Å². The molecule has 9 heteroatoms. The van der Waals surface area contributed by atoms with Gasteiger partial charge in [0.25, 0.3) is 5.91 Å². The van der Waals surface area contributed by atoms with E-state index in [1.807, 2.05) is 32.0 Å². The van der Waals surface area contributed by atoms with Crippen molar-refractivity contribution in [3.63, 3.8) is 0 Å². The van der Waals surface area contributed by atoms with Crippen molar-refractivity contribution in [2.75, 3.05) is 13.1 Å². The Morgan fingerprint density at radius 1 is 1.35 bits per heavy atom. The third-order valence-electron chi connectivity index (χ3n) is 2.94. The predicted molar refractivity (Wildman–Crippen MR) is 93.3 cm³/mol. The summed E-state index contributed by atoms with van der Waals surface area (Å²) >= 11 is 0. The van der Waals surface area contributed by atoms with Gasteiger partial charge in [0.1, 0.15) is 0 Å². The van der Waals surface area contributed by atoms with E-state index in [1.54, 1.807) is 17.1 Å². The fourth-order valence-corrected chi connectivity index (χ4v) is 1.89. The number of aromatic nitrogens is 4. The number of carbonyl (C=O) groups is 1. The van der Waals surface area contributed by atoms with Crippen molar-refractivity contribution in [2.45, 2.75) is 26.4 Å². The molecular weight excluding hydrogens is 339 g/mol. The molecule has 2 heterocycles. The molecule has 7 nitrogen and oxygen atoms in total. The molecule has 0 aromatic carbocycles. The first-order valence-corrected chi connectivity index (χ1v) is 7.00. The largest absolute Gasteiger partial charge is 0.349 e. The maximum Gasteiger partial charge on any atom is 0.273 e. The third-order valence-corrected chi connectivity index (χ3v) is 2.94. The zero-order valence-electron chi connectivity index (χ0n) is 13.1. The molecule has 1 atom stereocenters. The Balaban J connectivity index is 0.00000242. The minimum atomic E-state index is -0.216. The summed E-state index contributed by atoms with van der Waals surface area (Å²) in [5.74, 6) is -0.216. The van der Waals surface area contributed by atoms with Gasteiger partial charge in [0, 0.05) is 18.8 Å². The SMILES string of the molecule is CCN[C@H](C)CNC(=O)c1cn(Cc2ccccn2)nn1.Cl.Cl. The topological polar surface area (TPSA) is 84.7 Å². The molecule has 2 N–H and O–H groups in total. The van der Waals surface area contributed by atoms with Crippen LogP contribution in [0.2, 0.25) is 0 Å². The van der Waals surface area contributed by atoms with E-state index >= 15 is 0 Å². The van der Waals surface area contributed by atoms with Crippen LogP contribution in [0, 0.1) is 0 Å². The molecule has 0 spiro atoms. The van der Waals surface area contributed by atoms with E-state index in [0.29, 0.717) is 18.8 Å². The summed E-state index contributed by atoms with van der Waals surface area (Å²) in [5, 5.41) is 13.9. The Labute approximate surface area is 148 Å². The van der Waals surface area contributed by atoms with Gasteiger partial charge in [-0.15, -0.1) is 29.9 Å². The van der Waals surface area contributed by atoms with Crippen molar-refractivity contribution in [3.8, 4) is 0 Å². The second-order valence-corrected chi connectivity index (χ2v) is 4.79. The molecule has 0 radical (unpaired) electrons. The number of nitrogens with zero attached hydrogens (tertiary/aromatic N) is 4. The molecule has 1 amide bonds. The maximum absolute atomic E-state index is 11.9. The van der Waals surface area contributed by atoms with Crippen LogP contribution < -0.4 is 10.6 Å². The van der Waals surface area contributed by atoms with Gasteiger partial charge in [0.2, 0.25) is 0 Å². The fourth-order valence-electron chi connectivity index (χ4n) is 1.89. The standard InChI is InChI=1S/C14H20N6O.2ClH/c1-3-15-11(2)8-17-14(21)13-10-20(19-18-13)9-12-6-4-5-7-16-12;;/h4-7,10-11,15H,3,8-9H2,1-2H3,(H,17,21);2*1H/t11-;;/m1../s1. The van der Waals surface area contributed by atoms with Gasteiger partial charge in [-0.2, -0.15) is 0 Å². The van der Waals surface area contributed by atoms with Crippen LogP contribution in [0.25, 0.3) is 0 Å². The van der Waals surface area contributed by atoms with E-state index in [9.17, 15) is 4.79 Å². The van der Waals surface area contributed by atoms with E-state index in [-0.39, 0.29) is 36.8 Å². The van der Waals surface area contributed by atoms with Gasteiger partial charge in [-0.25, -0.2) is 4.68 Å². The van der Waals surface area contributed by atoms with Gasteiger partial charge in [0.05, 0.1) is 18.4 Å². The van der Waals surface area contributed by atoms with E-state index in [1.165, 1.54) is 0 Å². The summed E-state index contributed by atoms with van der Waals surface area (Å²) in [4.78, 5) is 16.2. The van der Waals surface area contributed by atoms with Gasteiger partial charge >= 0.3 is 0 Å². The van der Waals surface area contributed by atoms with Crippen LogP contribution in [0.3, 0.4) is 0 Å². The quantitative estimate of drug-likeness (QED) is 0.777. The molecular formula is C14H22Cl2N6O.